The second-order valence-electron chi connectivity index (χ2n) is 6.26. The van der Waals surface area contributed by atoms with Gasteiger partial charge in [0.05, 0.1) is 0 Å². The van der Waals surface area contributed by atoms with Crippen molar-refractivity contribution in [3.63, 3.8) is 0 Å². The van der Waals surface area contributed by atoms with Gasteiger partial charge in [-0.05, 0) is 18.2 Å². The Balaban J connectivity index is 1.82. The monoisotopic (exact) mass is 335 g/mol. The highest BCUT2D eigenvalue weighted by Gasteiger charge is 2.55. The van der Waals surface area contributed by atoms with Gasteiger partial charge in [0.1, 0.15) is 6.10 Å². The van der Waals surface area contributed by atoms with E-state index in [9.17, 15) is 0 Å². The Bertz CT molecular complexity index is 557. The van der Waals surface area contributed by atoms with Crippen LogP contribution in [0.2, 0.25) is 0 Å². The maximum absolute atomic E-state index is 6.40. The van der Waals surface area contributed by atoms with Gasteiger partial charge in [0.25, 0.3) is 0 Å². The van der Waals surface area contributed by atoms with E-state index in [2.05, 4.69) is 26.0 Å². The van der Waals surface area contributed by atoms with Crippen molar-refractivity contribution >= 4 is 11.8 Å². The summed E-state index contributed by atoms with van der Waals surface area (Å²) >= 11 is 1.62. The van der Waals surface area contributed by atoms with E-state index >= 15 is 0 Å². The summed E-state index contributed by atoms with van der Waals surface area (Å²) < 4.78 is 6.40. The van der Waals surface area contributed by atoms with Crippen LogP contribution in [0.15, 0.2) is 47.0 Å². The van der Waals surface area contributed by atoms with E-state index in [0.29, 0.717) is 6.42 Å². The van der Waals surface area contributed by atoms with Crippen molar-refractivity contribution in [3.05, 3.63) is 42.1 Å². The van der Waals surface area contributed by atoms with Crippen molar-refractivity contribution in [1.82, 2.24) is 0 Å². The standard InChI is InChI=1S/C18H25NO3S/c1-3-10-17(11-4-2)20-16-12-14(19)13-18(16,22-21-17)23-15-8-6-5-7-9-15/h5-9,12,16H,3-4,10-11,13,19H2,1-2H3/t16-,18-/m1/s1. The molecule has 1 aliphatic heterocycles. The summed E-state index contributed by atoms with van der Waals surface area (Å²) in [6.45, 7) is 4.26. The summed E-state index contributed by atoms with van der Waals surface area (Å²) in [7, 11) is 0. The van der Waals surface area contributed by atoms with E-state index in [0.717, 1.165) is 36.3 Å². The average molecular weight is 335 g/mol. The minimum Gasteiger partial charge on any atom is -0.402 e. The molecule has 0 amide bonds. The second-order valence-corrected chi connectivity index (χ2v) is 7.63. The molecule has 4 nitrogen and oxygen atoms in total. The summed E-state index contributed by atoms with van der Waals surface area (Å²) in [5, 5.41) is 0. The summed E-state index contributed by atoms with van der Waals surface area (Å²) in [5.74, 6) is -0.657. The van der Waals surface area contributed by atoms with E-state index in [1.165, 1.54) is 0 Å². The molecule has 2 aliphatic rings. The van der Waals surface area contributed by atoms with Gasteiger partial charge < -0.3 is 10.5 Å². The van der Waals surface area contributed by atoms with E-state index in [1.807, 2.05) is 24.3 Å². The number of hydrogen-bond acceptors (Lipinski definition) is 5. The van der Waals surface area contributed by atoms with Crippen LogP contribution >= 0.6 is 11.8 Å². The minimum atomic E-state index is -0.657. The Morgan fingerprint density at radius 3 is 2.48 bits per heavy atom. The van der Waals surface area contributed by atoms with Crippen molar-refractivity contribution < 1.29 is 14.5 Å². The van der Waals surface area contributed by atoms with Crippen molar-refractivity contribution in [2.24, 2.45) is 5.73 Å². The van der Waals surface area contributed by atoms with Crippen LogP contribution in [0, 0.1) is 0 Å². The summed E-state index contributed by atoms with van der Waals surface area (Å²) in [6, 6.07) is 10.2. The van der Waals surface area contributed by atoms with E-state index in [-0.39, 0.29) is 6.10 Å². The topological polar surface area (TPSA) is 53.7 Å². The van der Waals surface area contributed by atoms with Gasteiger partial charge in [-0.3, -0.25) is 0 Å². The largest absolute Gasteiger partial charge is 0.402 e. The number of thioether (sulfide) groups is 1. The zero-order chi connectivity index (χ0) is 16.3. The molecule has 126 valence electrons. The molecule has 0 spiro atoms. The highest BCUT2D eigenvalue weighted by molar-refractivity contribution is 8.00. The molecule has 23 heavy (non-hydrogen) atoms. The number of benzene rings is 1. The highest BCUT2D eigenvalue weighted by Crippen LogP contribution is 2.51. The molecule has 1 aliphatic carbocycles. The number of rotatable bonds is 6. The normalized spacial score (nSPS) is 29.1. The fraction of sp³-hybridized carbons (Fsp3) is 0.556. The van der Waals surface area contributed by atoms with Gasteiger partial charge in [0, 0.05) is 29.9 Å². The van der Waals surface area contributed by atoms with Crippen LogP contribution < -0.4 is 5.73 Å². The van der Waals surface area contributed by atoms with E-state index < -0.39 is 10.7 Å². The lowest BCUT2D eigenvalue weighted by Crippen LogP contribution is -2.54. The molecule has 1 aromatic carbocycles. The van der Waals surface area contributed by atoms with Gasteiger partial charge in [-0.2, -0.15) is 4.89 Å². The van der Waals surface area contributed by atoms with Gasteiger partial charge in [-0.25, -0.2) is 4.89 Å². The SMILES string of the molecule is CCCC1(CCC)OO[C@@]2(Sc3ccccc3)CC(N)=C[C@H]2O1. The summed E-state index contributed by atoms with van der Waals surface area (Å²) in [5.41, 5.74) is 6.90. The first-order valence-electron chi connectivity index (χ1n) is 8.36. The molecular weight excluding hydrogens is 310 g/mol. The first-order valence-corrected chi connectivity index (χ1v) is 9.18. The van der Waals surface area contributed by atoms with Crippen LogP contribution in [0.4, 0.5) is 0 Å². The molecule has 0 unspecified atom stereocenters. The van der Waals surface area contributed by atoms with Gasteiger partial charge in [-0.1, -0.05) is 56.7 Å². The Hall–Kier alpha value is -1.01. The maximum Gasteiger partial charge on any atom is 0.202 e. The minimum absolute atomic E-state index is 0.195. The fourth-order valence-corrected chi connectivity index (χ4v) is 4.48. The fourth-order valence-electron chi connectivity index (χ4n) is 3.25. The van der Waals surface area contributed by atoms with E-state index in [4.69, 9.17) is 20.2 Å². The highest BCUT2D eigenvalue weighted by atomic mass is 32.2. The van der Waals surface area contributed by atoms with Crippen LogP contribution in [0.25, 0.3) is 0 Å². The first-order chi connectivity index (χ1) is 11.1. The maximum atomic E-state index is 6.40. The molecule has 0 bridgehead atoms. The van der Waals surface area contributed by atoms with Crippen LogP contribution in [-0.4, -0.2) is 16.8 Å². The summed E-state index contributed by atoms with van der Waals surface area (Å²) in [6.07, 6.45) is 5.99. The molecule has 3 rings (SSSR count). The van der Waals surface area contributed by atoms with Crippen LogP contribution in [0.5, 0.6) is 0 Å². The lowest BCUT2D eigenvalue weighted by atomic mass is 10.0. The smallest absolute Gasteiger partial charge is 0.202 e. The third kappa shape index (κ3) is 3.43. The van der Waals surface area contributed by atoms with Gasteiger partial charge in [0.2, 0.25) is 5.79 Å². The number of nitrogens with two attached hydrogens (primary N) is 1. The van der Waals surface area contributed by atoms with Crippen molar-refractivity contribution in [1.29, 1.82) is 0 Å². The first kappa shape index (κ1) is 16.8. The molecule has 0 radical (unpaired) electrons. The number of hydrogen-bond donors (Lipinski definition) is 1. The Morgan fingerprint density at radius 1 is 1.13 bits per heavy atom. The molecule has 2 atom stereocenters. The molecule has 5 heteroatoms. The third-order valence-electron chi connectivity index (χ3n) is 4.22. The zero-order valence-electron chi connectivity index (χ0n) is 13.8. The third-order valence-corrected chi connectivity index (χ3v) is 5.52. The van der Waals surface area contributed by atoms with Crippen LogP contribution in [-0.2, 0) is 14.5 Å². The molecule has 1 aromatic rings. The zero-order valence-corrected chi connectivity index (χ0v) is 14.6. The van der Waals surface area contributed by atoms with Crippen LogP contribution in [0.3, 0.4) is 0 Å². The second kappa shape index (κ2) is 6.85. The van der Waals surface area contributed by atoms with Gasteiger partial charge >= 0.3 is 0 Å². The molecule has 2 N–H and O–H groups in total. The van der Waals surface area contributed by atoms with Crippen molar-refractivity contribution in [2.45, 2.75) is 67.7 Å². The lowest BCUT2D eigenvalue weighted by Gasteiger charge is -2.46. The molecule has 1 heterocycles. The molecule has 0 aromatic heterocycles. The molecular formula is C18H25NO3S. The Kier molecular flexibility index (Phi) is 5.01. The van der Waals surface area contributed by atoms with Crippen molar-refractivity contribution in [2.75, 3.05) is 0 Å². The average Bonchev–Trinajstić information content (AvgIpc) is 2.84. The quantitative estimate of drug-likeness (QED) is 0.783. The number of fused-ring (bicyclic) bond motifs is 1. The lowest BCUT2D eigenvalue weighted by molar-refractivity contribution is -0.506. The predicted octanol–water partition coefficient (Wildman–Crippen LogP) is 4.36. The molecule has 0 saturated carbocycles. The van der Waals surface area contributed by atoms with Crippen molar-refractivity contribution in [3.8, 4) is 0 Å². The van der Waals surface area contributed by atoms with Crippen LogP contribution in [0.1, 0.15) is 46.0 Å². The van der Waals surface area contributed by atoms with Gasteiger partial charge in [-0.15, -0.1) is 0 Å². The number of ether oxygens (including phenoxy) is 1. The predicted molar refractivity (Wildman–Crippen MR) is 91.5 cm³/mol. The molecule has 1 fully saturated rings. The summed E-state index contributed by atoms with van der Waals surface area (Å²) in [4.78, 5) is 12.3. The van der Waals surface area contributed by atoms with Gasteiger partial charge in [0.15, 0.2) is 4.93 Å². The Labute approximate surface area is 142 Å². The Morgan fingerprint density at radius 2 is 1.83 bits per heavy atom. The van der Waals surface area contributed by atoms with E-state index in [1.54, 1.807) is 11.8 Å². The molecule has 1 saturated heterocycles.